The van der Waals surface area contributed by atoms with Crippen molar-refractivity contribution < 1.29 is 39.6 Å². The molecule has 8 nitrogen and oxygen atoms in total. The van der Waals surface area contributed by atoms with Gasteiger partial charge in [-0.15, -0.1) is 0 Å². The third-order valence-electron chi connectivity index (χ3n) is 9.71. The average Bonchev–Trinajstić information content (AvgIpc) is 3.10. The fourth-order valence-electron chi connectivity index (χ4n) is 6.48. The Morgan fingerprint density at radius 3 is 0.630 bits per heavy atom. The van der Waals surface area contributed by atoms with E-state index in [1.165, 1.54) is 167 Å². The summed E-state index contributed by atoms with van der Waals surface area (Å²) in [5.74, 6) is -5.76. The van der Waals surface area contributed by atoms with E-state index in [4.69, 9.17) is 0 Å². The molecule has 0 saturated carbocycles. The van der Waals surface area contributed by atoms with Crippen LogP contribution in [-0.4, -0.2) is 122 Å². The Morgan fingerprint density at radius 2 is 0.481 bits per heavy atom. The third-order valence-corrected chi connectivity index (χ3v) is 9.71. The van der Waals surface area contributed by atoms with E-state index < -0.39 is 23.9 Å². The van der Waals surface area contributed by atoms with Crippen LogP contribution in [0.5, 0.6) is 0 Å². The van der Waals surface area contributed by atoms with Crippen molar-refractivity contribution in [2.45, 2.75) is 232 Å². The van der Waals surface area contributed by atoms with Crippen molar-refractivity contribution in [1.82, 2.24) is 0 Å². The van der Waals surface area contributed by atoms with Crippen molar-refractivity contribution in [3.8, 4) is 0 Å². The molecule has 0 bridgehead atoms. The number of carboxylic acid groups (broad SMARTS) is 4. The van der Waals surface area contributed by atoms with Gasteiger partial charge in [-0.05, 0) is 49.0 Å². The predicted molar refractivity (Wildman–Crippen MR) is 216 cm³/mol. The first-order valence-corrected chi connectivity index (χ1v) is 21.4. The molecule has 0 saturated heterocycles. The summed E-state index contributed by atoms with van der Waals surface area (Å²) < 4.78 is 0. The van der Waals surface area contributed by atoms with Gasteiger partial charge in [0.1, 0.15) is 0 Å². The molecule has 0 unspecified atom stereocenters. The molecule has 10 heteroatoms. The molecular weight excluding hydrogens is 931 g/mol. The summed E-state index contributed by atoms with van der Waals surface area (Å²) >= 11 is 0. The number of hydrogen-bond donors (Lipinski definition) is 0. The summed E-state index contributed by atoms with van der Waals surface area (Å²) in [6, 6.07) is 0. The van der Waals surface area contributed by atoms with Crippen LogP contribution in [0.15, 0.2) is 23.3 Å². The zero-order valence-corrected chi connectivity index (χ0v) is 43.8. The van der Waals surface area contributed by atoms with Crippen molar-refractivity contribution in [3.05, 3.63) is 23.3 Å². The number of rotatable bonds is 38. The molecular formula is C44H76Ba2O8. The predicted octanol–water partition coefficient (Wildman–Crippen LogP) is 7.37. The Bertz CT molecular complexity index is 862. The van der Waals surface area contributed by atoms with Crippen LogP contribution >= 0.6 is 0 Å². The first kappa shape index (κ1) is 61.2. The Morgan fingerprint density at radius 1 is 0.315 bits per heavy atom. The van der Waals surface area contributed by atoms with Crippen molar-refractivity contribution in [2.75, 3.05) is 0 Å². The van der Waals surface area contributed by atoms with E-state index in [1.54, 1.807) is 0 Å². The van der Waals surface area contributed by atoms with Crippen molar-refractivity contribution in [1.29, 1.82) is 0 Å². The van der Waals surface area contributed by atoms with Gasteiger partial charge >= 0.3 is 97.8 Å². The summed E-state index contributed by atoms with van der Waals surface area (Å²) in [5.41, 5.74) is -0.342. The average molecular weight is 1010 g/mol. The van der Waals surface area contributed by atoms with E-state index in [2.05, 4.69) is 13.8 Å². The van der Waals surface area contributed by atoms with E-state index >= 15 is 0 Å². The number of carboxylic acids is 4. The first-order chi connectivity index (χ1) is 25.1. The monoisotopic (exact) mass is 1010 g/mol. The van der Waals surface area contributed by atoms with Gasteiger partial charge in [0.25, 0.3) is 0 Å². The van der Waals surface area contributed by atoms with Crippen LogP contribution in [0.2, 0.25) is 0 Å². The summed E-state index contributed by atoms with van der Waals surface area (Å²) in [6.45, 7) is 4.51. The number of aliphatic carboxylic acids is 4. The SMILES string of the molecule is CCCCCCCCCCCCCCCCCC/C(=C/C(=O)[O-])C(=O)[O-].CCCCCCCCCCCCCCCCCC/C(=C/C(=O)[O-])C(=O)[O-].[Ba+2].[Ba+2]. The molecule has 0 N–H and O–H groups in total. The van der Waals surface area contributed by atoms with Crippen LogP contribution in [0.1, 0.15) is 232 Å². The largest absolute Gasteiger partial charge is 2.00 e. The Hall–Kier alpha value is 0.503. The molecule has 0 aromatic rings. The quantitative estimate of drug-likeness (QED) is 0.0352. The summed E-state index contributed by atoms with van der Waals surface area (Å²) in [5, 5.41) is 42.3. The first-order valence-electron chi connectivity index (χ1n) is 21.4. The molecule has 0 aromatic heterocycles. The topological polar surface area (TPSA) is 161 Å². The van der Waals surface area contributed by atoms with Crippen LogP contribution in [0.3, 0.4) is 0 Å². The van der Waals surface area contributed by atoms with Crippen LogP contribution < -0.4 is 20.4 Å². The minimum atomic E-state index is -1.47. The van der Waals surface area contributed by atoms with Crippen LogP contribution in [-0.2, 0) is 19.2 Å². The van der Waals surface area contributed by atoms with Gasteiger partial charge in [-0.2, -0.15) is 0 Å². The minimum Gasteiger partial charge on any atom is -0.545 e. The third kappa shape index (κ3) is 50.5. The maximum atomic E-state index is 10.8. The summed E-state index contributed by atoms with van der Waals surface area (Å²) in [6.07, 6.45) is 41.9. The van der Waals surface area contributed by atoms with E-state index in [9.17, 15) is 39.6 Å². The van der Waals surface area contributed by atoms with Gasteiger partial charge in [0.05, 0.1) is 23.9 Å². The molecule has 0 aliphatic rings. The van der Waals surface area contributed by atoms with E-state index in [0.717, 1.165) is 25.7 Å². The van der Waals surface area contributed by atoms with Gasteiger partial charge < -0.3 is 39.6 Å². The number of unbranched alkanes of at least 4 members (excludes halogenated alkanes) is 30. The molecule has 0 heterocycles. The smallest absolute Gasteiger partial charge is 0.545 e. The van der Waals surface area contributed by atoms with Gasteiger partial charge in [-0.1, -0.05) is 206 Å². The van der Waals surface area contributed by atoms with Gasteiger partial charge in [0.15, 0.2) is 0 Å². The fraction of sp³-hybridized carbons (Fsp3) is 0.818. The van der Waals surface area contributed by atoms with Crippen LogP contribution in [0.4, 0.5) is 0 Å². The molecule has 0 aromatic carbocycles. The molecule has 0 spiro atoms. The molecule has 0 aliphatic heterocycles. The van der Waals surface area contributed by atoms with Crippen LogP contribution in [0.25, 0.3) is 0 Å². The van der Waals surface area contributed by atoms with E-state index in [-0.39, 0.29) is 122 Å². The van der Waals surface area contributed by atoms with Crippen LogP contribution in [0, 0.1) is 0 Å². The van der Waals surface area contributed by atoms with Gasteiger partial charge in [0.2, 0.25) is 0 Å². The second-order valence-electron chi connectivity index (χ2n) is 14.7. The van der Waals surface area contributed by atoms with Gasteiger partial charge in [-0.3, -0.25) is 0 Å². The second kappa shape index (κ2) is 49.6. The standard InChI is InChI=1S/2C22H40O4.2Ba/c2*1-2-3-4-5-6-7-8-9-10-11-12-13-14-15-16-17-18-20(22(25)26)19-21(23)24;;/h2*19H,2-18H2,1H3,(H,23,24)(H,25,26);;/q;;2*+2/p-4/b2*20-19-;;. The molecule has 0 aliphatic carbocycles. The van der Waals surface area contributed by atoms with Gasteiger partial charge in [0, 0.05) is 0 Å². The second-order valence-corrected chi connectivity index (χ2v) is 14.7. The molecule has 0 rings (SSSR count). The number of carbonyl (C=O) groups is 4. The molecule has 0 amide bonds. The molecule has 0 atom stereocenters. The zero-order valence-electron chi connectivity index (χ0n) is 34.9. The molecule has 54 heavy (non-hydrogen) atoms. The van der Waals surface area contributed by atoms with Crippen molar-refractivity contribution in [2.24, 2.45) is 0 Å². The van der Waals surface area contributed by atoms with E-state index in [1.807, 2.05) is 0 Å². The maximum Gasteiger partial charge on any atom is 2.00 e. The van der Waals surface area contributed by atoms with Crippen molar-refractivity contribution in [3.63, 3.8) is 0 Å². The zero-order chi connectivity index (χ0) is 38.9. The number of hydrogen-bond acceptors (Lipinski definition) is 8. The Kier molecular flexibility index (Phi) is 56.2. The Balaban J connectivity index is -0.000000446. The Labute approximate surface area is 411 Å². The maximum absolute atomic E-state index is 10.8. The van der Waals surface area contributed by atoms with Crippen molar-refractivity contribution >= 4 is 122 Å². The summed E-state index contributed by atoms with van der Waals surface area (Å²) in [7, 11) is 0. The minimum absolute atomic E-state index is 0. The summed E-state index contributed by atoms with van der Waals surface area (Å²) in [4.78, 5) is 42.3. The van der Waals surface area contributed by atoms with E-state index in [0.29, 0.717) is 25.0 Å². The molecule has 0 radical (unpaired) electrons. The fourth-order valence-corrected chi connectivity index (χ4v) is 6.48. The normalized spacial score (nSPS) is 11.2. The molecule has 304 valence electrons. The molecule has 0 fully saturated rings. The van der Waals surface area contributed by atoms with Gasteiger partial charge in [-0.25, -0.2) is 0 Å². The number of carbonyl (C=O) groups excluding carboxylic acids is 4.